The highest BCUT2D eigenvalue weighted by molar-refractivity contribution is 5.13. The van der Waals surface area contributed by atoms with Crippen LogP contribution >= 0.6 is 0 Å². The molecule has 1 unspecified atom stereocenters. The predicted molar refractivity (Wildman–Crippen MR) is 106 cm³/mol. The minimum absolute atomic E-state index is 0.0670. The molecule has 2 heterocycles. The minimum Gasteiger partial charge on any atom is -0.370 e. The van der Waals surface area contributed by atoms with Gasteiger partial charge in [-0.05, 0) is 24.8 Å². The van der Waals surface area contributed by atoms with Gasteiger partial charge in [0.2, 0.25) is 0 Å². The van der Waals surface area contributed by atoms with Gasteiger partial charge >= 0.3 is 0 Å². The van der Waals surface area contributed by atoms with Gasteiger partial charge in [0.25, 0.3) is 0 Å². The summed E-state index contributed by atoms with van der Waals surface area (Å²) in [5.74, 6) is 0.230. The van der Waals surface area contributed by atoms with Gasteiger partial charge in [-0.15, -0.1) is 5.10 Å². The van der Waals surface area contributed by atoms with Crippen LogP contribution in [-0.2, 0) is 22.5 Å². The molecular weight excluding hydrogens is 338 g/mol. The van der Waals surface area contributed by atoms with Crippen LogP contribution in [0.3, 0.4) is 0 Å². The largest absolute Gasteiger partial charge is 0.370 e. The molecule has 0 aliphatic carbocycles. The molecule has 3 rings (SSSR count). The monoisotopic (exact) mass is 371 g/mol. The van der Waals surface area contributed by atoms with Crippen LogP contribution in [0.2, 0.25) is 0 Å². The van der Waals surface area contributed by atoms with Crippen molar-refractivity contribution < 1.29 is 9.47 Å². The van der Waals surface area contributed by atoms with Crippen molar-refractivity contribution >= 4 is 0 Å². The average molecular weight is 372 g/mol. The summed E-state index contributed by atoms with van der Waals surface area (Å²) < 4.78 is 14.5. The Kier molecular flexibility index (Phi) is 7.41. The number of unbranched alkanes of at least 4 members (excludes halogenated alkanes) is 3. The van der Waals surface area contributed by atoms with E-state index in [9.17, 15) is 0 Å². The SMILES string of the molecule is CCCCCCc1cn([C@@H]2O[C@H](CC)[C@H](OCc3ccccc3)C2C)nn1. The molecule has 2 aromatic rings. The Bertz CT molecular complexity index is 673. The van der Waals surface area contributed by atoms with Gasteiger partial charge in [0, 0.05) is 5.92 Å². The number of benzene rings is 1. The lowest BCUT2D eigenvalue weighted by Crippen LogP contribution is -2.28. The van der Waals surface area contributed by atoms with Crippen molar-refractivity contribution in [1.82, 2.24) is 15.0 Å². The summed E-state index contributed by atoms with van der Waals surface area (Å²) in [5, 5.41) is 8.71. The first-order valence-electron chi connectivity index (χ1n) is 10.4. The lowest BCUT2D eigenvalue weighted by atomic mass is 10.0. The third-order valence-corrected chi connectivity index (χ3v) is 5.44. The first-order valence-corrected chi connectivity index (χ1v) is 10.4. The number of rotatable bonds is 10. The Morgan fingerprint density at radius 1 is 1.11 bits per heavy atom. The van der Waals surface area contributed by atoms with Crippen LogP contribution in [0.25, 0.3) is 0 Å². The molecule has 1 aromatic heterocycles. The third-order valence-electron chi connectivity index (χ3n) is 5.44. The third kappa shape index (κ3) is 5.17. The maximum atomic E-state index is 6.30. The summed E-state index contributed by atoms with van der Waals surface area (Å²) in [6, 6.07) is 10.3. The Balaban J connectivity index is 1.59. The maximum absolute atomic E-state index is 6.30. The van der Waals surface area contributed by atoms with Gasteiger partial charge < -0.3 is 9.47 Å². The van der Waals surface area contributed by atoms with Crippen molar-refractivity contribution in [3.63, 3.8) is 0 Å². The second-order valence-electron chi connectivity index (χ2n) is 7.59. The lowest BCUT2D eigenvalue weighted by Gasteiger charge is -2.21. The molecule has 4 atom stereocenters. The van der Waals surface area contributed by atoms with E-state index in [1.54, 1.807) is 0 Å². The highest BCUT2D eigenvalue weighted by Gasteiger charge is 2.43. The van der Waals surface area contributed by atoms with Crippen LogP contribution in [0.15, 0.2) is 36.5 Å². The van der Waals surface area contributed by atoms with Crippen molar-refractivity contribution in [3.05, 3.63) is 47.8 Å². The molecule has 0 saturated carbocycles. The Morgan fingerprint density at radius 3 is 2.67 bits per heavy atom. The Labute approximate surface area is 163 Å². The fourth-order valence-electron chi connectivity index (χ4n) is 3.82. The number of hydrogen-bond acceptors (Lipinski definition) is 4. The van der Waals surface area contributed by atoms with Gasteiger partial charge in [0.05, 0.1) is 30.7 Å². The molecule has 0 radical (unpaired) electrons. The molecule has 1 aliphatic rings. The molecule has 0 spiro atoms. The van der Waals surface area contributed by atoms with E-state index in [1.807, 2.05) is 22.9 Å². The lowest BCUT2D eigenvalue weighted by molar-refractivity contribution is -0.0469. The second kappa shape index (κ2) is 10.00. The Hall–Kier alpha value is -1.72. The minimum atomic E-state index is -0.104. The van der Waals surface area contributed by atoms with Crippen LogP contribution in [0.4, 0.5) is 0 Å². The highest BCUT2D eigenvalue weighted by Crippen LogP contribution is 2.37. The van der Waals surface area contributed by atoms with E-state index in [1.165, 1.54) is 31.2 Å². The quantitative estimate of drug-likeness (QED) is 0.556. The van der Waals surface area contributed by atoms with E-state index in [0.29, 0.717) is 6.61 Å². The molecule has 1 aromatic carbocycles. The summed E-state index contributed by atoms with van der Waals surface area (Å²) in [5.41, 5.74) is 2.25. The van der Waals surface area contributed by atoms with Crippen molar-refractivity contribution in [2.24, 2.45) is 5.92 Å². The van der Waals surface area contributed by atoms with Crippen LogP contribution in [-0.4, -0.2) is 27.2 Å². The van der Waals surface area contributed by atoms with E-state index >= 15 is 0 Å². The number of ether oxygens (including phenoxy) is 2. The summed E-state index contributed by atoms with van der Waals surface area (Å²) in [6.45, 7) is 7.19. The molecule has 1 aliphatic heterocycles. The molecule has 0 bridgehead atoms. The summed E-state index contributed by atoms with van der Waals surface area (Å²) in [7, 11) is 0. The zero-order chi connectivity index (χ0) is 19.1. The van der Waals surface area contributed by atoms with Gasteiger partial charge in [-0.3, -0.25) is 0 Å². The summed E-state index contributed by atoms with van der Waals surface area (Å²) in [6.07, 6.45) is 9.00. The van der Waals surface area contributed by atoms with E-state index in [2.05, 4.69) is 49.4 Å². The maximum Gasteiger partial charge on any atom is 0.157 e. The standard InChI is InChI=1S/C22H33N3O2/c1-4-6-7-11-14-19-15-25(24-23-19)22-17(3)21(20(5-2)27-22)26-16-18-12-9-8-10-13-18/h8-10,12-13,15,17,20-22H,4-7,11,14,16H2,1-3H3/t17?,20-,21-,22-/m1/s1. The fraction of sp³-hybridized carbons (Fsp3) is 0.636. The van der Waals surface area contributed by atoms with Crippen LogP contribution < -0.4 is 0 Å². The van der Waals surface area contributed by atoms with Crippen LogP contribution in [0.5, 0.6) is 0 Å². The highest BCUT2D eigenvalue weighted by atomic mass is 16.6. The first kappa shape index (κ1) is 20.0. The average Bonchev–Trinajstić information content (AvgIpc) is 3.28. The number of hydrogen-bond donors (Lipinski definition) is 0. The van der Waals surface area contributed by atoms with Crippen LogP contribution in [0, 0.1) is 5.92 Å². The molecular formula is C22H33N3O2. The number of nitrogens with zero attached hydrogens (tertiary/aromatic N) is 3. The van der Waals surface area contributed by atoms with E-state index in [4.69, 9.17) is 9.47 Å². The molecule has 148 valence electrons. The van der Waals surface area contributed by atoms with E-state index in [0.717, 1.165) is 18.5 Å². The topological polar surface area (TPSA) is 49.2 Å². The Morgan fingerprint density at radius 2 is 1.93 bits per heavy atom. The molecule has 1 fully saturated rings. The zero-order valence-electron chi connectivity index (χ0n) is 16.9. The molecule has 0 amide bonds. The van der Waals surface area contributed by atoms with E-state index in [-0.39, 0.29) is 24.4 Å². The van der Waals surface area contributed by atoms with Gasteiger partial charge in [0.1, 0.15) is 0 Å². The number of aryl methyl sites for hydroxylation is 1. The normalized spacial score (nSPS) is 25.1. The molecule has 0 N–H and O–H groups in total. The summed E-state index contributed by atoms with van der Waals surface area (Å²) >= 11 is 0. The van der Waals surface area contributed by atoms with Crippen molar-refractivity contribution in [3.8, 4) is 0 Å². The molecule has 27 heavy (non-hydrogen) atoms. The van der Waals surface area contributed by atoms with Gasteiger partial charge in [-0.2, -0.15) is 0 Å². The predicted octanol–water partition coefficient (Wildman–Crippen LogP) is 4.93. The fourth-order valence-corrected chi connectivity index (χ4v) is 3.82. The van der Waals surface area contributed by atoms with E-state index < -0.39 is 0 Å². The van der Waals surface area contributed by atoms with Crippen LogP contribution in [0.1, 0.15) is 70.4 Å². The van der Waals surface area contributed by atoms with Crippen molar-refractivity contribution in [2.45, 2.75) is 84.3 Å². The molecule has 5 heteroatoms. The van der Waals surface area contributed by atoms with Crippen molar-refractivity contribution in [1.29, 1.82) is 0 Å². The smallest absolute Gasteiger partial charge is 0.157 e. The molecule has 5 nitrogen and oxygen atoms in total. The van der Waals surface area contributed by atoms with Gasteiger partial charge in [-0.1, -0.05) is 75.6 Å². The van der Waals surface area contributed by atoms with Crippen molar-refractivity contribution in [2.75, 3.05) is 0 Å². The van der Waals surface area contributed by atoms with Gasteiger partial charge in [0.15, 0.2) is 6.23 Å². The van der Waals surface area contributed by atoms with Gasteiger partial charge in [-0.25, -0.2) is 4.68 Å². The number of aromatic nitrogens is 3. The zero-order valence-corrected chi connectivity index (χ0v) is 16.9. The first-order chi connectivity index (χ1) is 13.2. The molecule has 1 saturated heterocycles. The summed E-state index contributed by atoms with van der Waals surface area (Å²) in [4.78, 5) is 0. The second-order valence-corrected chi connectivity index (χ2v) is 7.59.